The zero-order valence-electron chi connectivity index (χ0n) is 17.6. The van der Waals surface area contributed by atoms with E-state index in [4.69, 9.17) is 16.3 Å². The van der Waals surface area contributed by atoms with Crippen LogP contribution in [0.15, 0.2) is 77.9 Å². The summed E-state index contributed by atoms with van der Waals surface area (Å²) in [6, 6.07) is 20.7. The van der Waals surface area contributed by atoms with Crippen molar-refractivity contribution in [1.82, 2.24) is 5.43 Å². The molecule has 0 unspecified atom stereocenters. The first-order chi connectivity index (χ1) is 14.7. The van der Waals surface area contributed by atoms with E-state index in [1.54, 1.807) is 60.7 Å². The van der Waals surface area contributed by atoms with Gasteiger partial charge in [0.2, 0.25) is 0 Å². The Morgan fingerprint density at radius 3 is 2.03 bits per heavy atom. The third-order valence-electron chi connectivity index (χ3n) is 4.56. The molecule has 0 bridgehead atoms. The van der Waals surface area contributed by atoms with Crippen LogP contribution in [-0.2, 0) is 5.41 Å². The summed E-state index contributed by atoms with van der Waals surface area (Å²) in [5.41, 5.74) is 5.39. The maximum atomic E-state index is 12.2. The van der Waals surface area contributed by atoms with E-state index < -0.39 is 5.97 Å². The Kier molecular flexibility index (Phi) is 6.88. The zero-order valence-corrected chi connectivity index (χ0v) is 18.3. The van der Waals surface area contributed by atoms with Crippen molar-refractivity contribution >= 4 is 29.7 Å². The second kappa shape index (κ2) is 9.58. The average molecular weight is 435 g/mol. The predicted molar refractivity (Wildman–Crippen MR) is 123 cm³/mol. The molecule has 0 aromatic heterocycles. The van der Waals surface area contributed by atoms with Crippen LogP contribution in [0.3, 0.4) is 0 Å². The number of carbonyl (C=O) groups is 2. The molecule has 31 heavy (non-hydrogen) atoms. The maximum absolute atomic E-state index is 12.2. The summed E-state index contributed by atoms with van der Waals surface area (Å²) in [4.78, 5) is 24.4. The van der Waals surface area contributed by atoms with E-state index >= 15 is 0 Å². The minimum absolute atomic E-state index is 0.0302. The number of hydrogen-bond acceptors (Lipinski definition) is 4. The molecule has 6 heteroatoms. The van der Waals surface area contributed by atoms with Crippen molar-refractivity contribution in [2.45, 2.75) is 26.2 Å². The zero-order chi connectivity index (χ0) is 22.4. The molecule has 0 saturated carbocycles. The number of nitrogens with one attached hydrogen (secondary N) is 1. The molecule has 3 aromatic rings. The van der Waals surface area contributed by atoms with E-state index in [-0.39, 0.29) is 11.3 Å². The summed E-state index contributed by atoms with van der Waals surface area (Å²) in [6.07, 6.45) is 1.52. The molecule has 0 aliphatic rings. The fraction of sp³-hybridized carbons (Fsp3) is 0.160. The SMILES string of the molecule is CC(C)(C)c1ccc(C(=O)N/N=C/c2ccc(OC(=O)c3ccc(Cl)cc3)cc2)cc1. The Hall–Kier alpha value is -3.44. The van der Waals surface area contributed by atoms with Gasteiger partial charge < -0.3 is 4.74 Å². The number of hydrogen-bond donors (Lipinski definition) is 1. The van der Waals surface area contributed by atoms with Crippen LogP contribution in [0.5, 0.6) is 5.75 Å². The number of halogens is 1. The van der Waals surface area contributed by atoms with Gasteiger partial charge in [-0.1, -0.05) is 44.5 Å². The second-order valence-corrected chi connectivity index (χ2v) is 8.43. The lowest BCUT2D eigenvalue weighted by molar-refractivity contribution is 0.0734. The fourth-order valence-corrected chi connectivity index (χ4v) is 2.85. The number of amides is 1. The Morgan fingerprint density at radius 2 is 1.45 bits per heavy atom. The molecule has 158 valence electrons. The van der Waals surface area contributed by atoms with Gasteiger partial charge in [-0.05, 0) is 77.2 Å². The minimum Gasteiger partial charge on any atom is -0.423 e. The molecule has 0 heterocycles. The summed E-state index contributed by atoms with van der Waals surface area (Å²) < 4.78 is 5.33. The van der Waals surface area contributed by atoms with E-state index in [2.05, 4.69) is 31.3 Å². The van der Waals surface area contributed by atoms with Crippen LogP contribution < -0.4 is 10.2 Å². The van der Waals surface area contributed by atoms with Crippen LogP contribution in [0.4, 0.5) is 0 Å². The third kappa shape index (κ3) is 6.27. The summed E-state index contributed by atoms with van der Waals surface area (Å²) in [6.45, 7) is 6.36. The first kappa shape index (κ1) is 22.2. The molecule has 0 spiro atoms. The first-order valence-electron chi connectivity index (χ1n) is 9.74. The molecule has 1 N–H and O–H groups in total. The Morgan fingerprint density at radius 1 is 0.871 bits per heavy atom. The fourth-order valence-electron chi connectivity index (χ4n) is 2.73. The smallest absolute Gasteiger partial charge is 0.343 e. The van der Waals surface area contributed by atoms with Crippen molar-refractivity contribution in [3.63, 3.8) is 0 Å². The van der Waals surface area contributed by atoms with Crippen LogP contribution in [0.1, 0.15) is 52.6 Å². The largest absolute Gasteiger partial charge is 0.423 e. The van der Waals surface area contributed by atoms with Gasteiger partial charge >= 0.3 is 5.97 Å². The predicted octanol–water partition coefficient (Wildman–Crippen LogP) is 5.62. The lowest BCUT2D eigenvalue weighted by Crippen LogP contribution is -2.18. The molecular formula is C25H23ClN2O3. The van der Waals surface area contributed by atoms with Crippen molar-refractivity contribution in [2.75, 3.05) is 0 Å². The Balaban J connectivity index is 1.55. The highest BCUT2D eigenvalue weighted by Gasteiger charge is 2.14. The van der Waals surface area contributed by atoms with E-state index in [9.17, 15) is 9.59 Å². The molecule has 0 saturated heterocycles. The van der Waals surface area contributed by atoms with Gasteiger partial charge in [0.1, 0.15) is 5.75 Å². The summed E-state index contributed by atoms with van der Waals surface area (Å²) in [5.74, 6) is -0.354. The van der Waals surface area contributed by atoms with E-state index in [1.807, 2.05) is 12.1 Å². The Labute approximate surface area is 186 Å². The molecule has 1 amide bonds. The van der Waals surface area contributed by atoms with Crippen molar-refractivity contribution in [1.29, 1.82) is 0 Å². The van der Waals surface area contributed by atoms with E-state index in [1.165, 1.54) is 6.21 Å². The Bertz CT molecular complexity index is 1080. The molecule has 0 aliphatic heterocycles. The lowest BCUT2D eigenvalue weighted by Gasteiger charge is -2.18. The maximum Gasteiger partial charge on any atom is 0.343 e. The van der Waals surface area contributed by atoms with Gasteiger partial charge in [-0.25, -0.2) is 10.2 Å². The number of esters is 1. The number of nitrogens with zero attached hydrogens (tertiary/aromatic N) is 1. The highest BCUT2D eigenvalue weighted by atomic mass is 35.5. The highest BCUT2D eigenvalue weighted by molar-refractivity contribution is 6.30. The van der Waals surface area contributed by atoms with Crippen molar-refractivity contribution in [3.8, 4) is 5.75 Å². The first-order valence-corrected chi connectivity index (χ1v) is 10.1. The average Bonchev–Trinajstić information content (AvgIpc) is 2.75. The van der Waals surface area contributed by atoms with Gasteiger partial charge in [-0.2, -0.15) is 5.10 Å². The van der Waals surface area contributed by atoms with Crippen LogP contribution >= 0.6 is 11.6 Å². The molecule has 3 rings (SSSR count). The highest BCUT2D eigenvalue weighted by Crippen LogP contribution is 2.22. The molecular weight excluding hydrogens is 412 g/mol. The van der Waals surface area contributed by atoms with Gasteiger partial charge in [0, 0.05) is 10.6 Å². The number of benzene rings is 3. The minimum atomic E-state index is -0.470. The standard InChI is InChI=1S/C25H23ClN2O3/c1-25(2,3)20-10-6-18(7-11-20)23(29)28-27-16-17-4-14-22(15-5-17)31-24(30)19-8-12-21(26)13-9-19/h4-16H,1-3H3,(H,28,29)/b27-16+. The van der Waals surface area contributed by atoms with Crippen LogP contribution in [0.2, 0.25) is 5.02 Å². The van der Waals surface area contributed by atoms with Gasteiger partial charge in [-0.15, -0.1) is 0 Å². The molecule has 3 aromatic carbocycles. The number of ether oxygens (including phenoxy) is 1. The van der Waals surface area contributed by atoms with Crippen molar-refractivity contribution in [2.24, 2.45) is 5.10 Å². The second-order valence-electron chi connectivity index (χ2n) is 7.99. The van der Waals surface area contributed by atoms with E-state index in [0.29, 0.717) is 21.9 Å². The van der Waals surface area contributed by atoms with Gasteiger partial charge in [-0.3, -0.25) is 4.79 Å². The van der Waals surface area contributed by atoms with Crippen LogP contribution in [0.25, 0.3) is 0 Å². The quantitative estimate of drug-likeness (QED) is 0.245. The summed E-state index contributed by atoms with van der Waals surface area (Å²) in [7, 11) is 0. The van der Waals surface area contributed by atoms with Crippen LogP contribution in [-0.4, -0.2) is 18.1 Å². The normalized spacial score (nSPS) is 11.4. The van der Waals surface area contributed by atoms with Gasteiger partial charge in [0.15, 0.2) is 0 Å². The number of rotatable bonds is 5. The van der Waals surface area contributed by atoms with Gasteiger partial charge in [0.05, 0.1) is 11.8 Å². The van der Waals surface area contributed by atoms with Crippen LogP contribution in [0, 0.1) is 0 Å². The van der Waals surface area contributed by atoms with Crippen molar-refractivity contribution < 1.29 is 14.3 Å². The third-order valence-corrected chi connectivity index (χ3v) is 4.82. The lowest BCUT2D eigenvalue weighted by atomic mass is 9.87. The number of hydrazone groups is 1. The summed E-state index contributed by atoms with van der Waals surface area (Å²) in [5, 5.41) is 4.54. The van der Waals surface area contributed by atoms with E-state index in [0.717, 1.165) is 11.1 Å². The van der Waals surface area contributed by atoms with Gasteiger partial charge in [0.25, 0.3) is 5.91 Å². The topological polar surface area (TPSA) is 67.8 Å². The molecule has 0 atom stereocenters. The molecule has 0 aliphatic carbocycles. The number of carbonyl (C=O) groups excluding carboxylic acids is 2. The summed E-state index contributed by atoms with van der Waals surface area (Å²) >= 11 is 5.82. The monoisotopic (exact) mass is 434 g/mol. The van der Waals surface area contributed by atoms with Crippen molar-refractivity contribution in [3.05, 3.63) is 100 Å². The molecule has 0 fully saturated rings. The molecule has 5 nitrogen and oxygen atoms in total. The molecule has 0 radical (unpaired) electrons.